The summed E-state index contributed by atoms with van der Waals surface area (Å²) in [6, 6.07) is 17.9. The maximum Gasteiger partial charge on any atom is 0.257 e. The van der Waals surface area contributed by atoms with E-state index in [4.69, 9.17) is 0 Å². The van der Waals surface area contributed by atoms with Crippen LogP contribution in [0.5, 0.6) is 0 Å². The van der Waals surface area contributed by atoms with Crippen LogP contribution in [0.3, 0.4) is 0 Å². The molecule has 0 atom stereocenters. The first-order valence-corrected chi connectivity index (χ1v) is 9.07. The third kappa shape index (κ3) is 3.10. The lowest BCUT2D eigenvalue weighted by atomic mass is 10.0. The Bertz CT molecular complexity index is 830. The molecule has 3 aromatic rings. The van der Waals surface area contributed by atoms with Crippen molar-refractivity contribution in [3.63, 3.8) is 0 Å². The third-order valence-electron chi connectivity index (χ3n) is 4.32. The van der Waals surface area contributed by atoms with Crippen molar-refractivity contribution in [3.05, 3.63) is 70.7 Å². The summed E-state index contributed by atoms with van der Waals surface area (Å²) in [6.45, 7) is 0. The Morgan fingerprint density at radius 3 is 2.38 bits per heavy atom. The molecule has 3 nitrogen and oxygen atoms in total. The molecule has 4 heteroatoms. The Hall–Kier alpha value is -2.46. The molecular weight excluding hydrogens is 316 g/mol. The molecule has 0 saturated carbocycles. The molecule has 4 rings (SSSR count). The van der Waals surface area contributed by atoms with E-state index in [9.17, 15) is 4.79 Å². The number of nitrogens with zero attached hydrogens (tertiary/aromatic N) is 1. The van der Waals surface area contributed by atoms with Gasteiger partial charge in [0.1, 0.15) is 0 Å². The summed E-state index contributed by atoms with van der Waals surface area (Å²) in [5.74, 6) is -0.0966. The number of amides is 1. The predicted molar refractivity (Wildman–Crippen MR) is 98.6 cm³/mol. The summed E-state index contributed by atoms with van der Waals surface area (Å²) in [5.41, 5.74) is 4.08. The summed E-state index contributed by atoms with van der Waals surface area (Å²) in [5, 5.41) is 3.66. The van der Waals surface area contributed by atoms with Crippen molar-refractivity contribution >= 4 is 22.4 Å². The van der Waals surface area contributed by atoms with Gasteiger partial charge in [-0.15, -0.1) is 11.3 Å². The van der Waals surface area contributed by atoms with Gasteiger partial charge in [0.05, 0.1) is 5.69 Å². The Morgan fingerprint density at radius 2 is 1.62 bits per heavy atom. The Kier molecular flexibility index (Phi) is 4.13. The number of carbonyl (C=O) groups is 1. The average Bonchev–Trinajstić information content (AvgIpc) is 3.05. The molecule has 1 aliphatic carbocycles. The molecule has 0 saturated heterocycles. The number of hydrogen-bond acceptors (Lipinski definition) is 3. The Labute approximate surface area is 145 Å². The van der Waals surface area contributed by atoms with Gasteiger partial charge in [-0.05, 0) is 48.9 Å². The lowest BCUT2D eigenvalue weighted by molar-refractivity contribution is 0.102. The van der Waals surface area contributed by atoms with E-state index >= 15 is 0 Å². The molecule has 1 N–H and O–H groups in total. The number of benzene rings is 2. The van der Waals surface area contributed by atoms with Gasteiger partial charge >= 0.3 is 0 Å². The van der Waals surface area contributed by atoms with E-state index in [0.717, 1.165) is 29.1 Å². The van der Waals surface area contributed by atoms with Crippen molar-refractivity contribution in [1.29, 1.82) is 0 Å². The van der Waals surface area contributed by atoms with Crippen molar-refractivity contribution in [1.82, 2.24) is 4.98 Å². The highest BCUT2D eigenvalue weighted by Gasteiger charge is 2.16. The summed E-state index contributed by atoms with van der Waals surface area (Å²) in [4.78, 5) is 18.3. The lowest BCUT2D eigenvalue weighted by Crippen LogP contribution is -2.11. The topological polar surface area (TPSA) is 42.0 Å². The number of anilines is 1. The van der Waals surface area contributed by atoms with Crippen LogP contribution in [0.1, 0.15) is 33.8 Å². The number of thiazole rings is 1. The molecule has 0 unspecified atom stereocenters. The summed E-state index contributed by atoms with van der Waals surface area (Å²) >= 11 is 1.62. The highest BCUT2D eigenvalue weighted by molar-refractivity contribution is 7.15. The third-order valence-corrected chi connectivity index (χ3v) is 5.39. The Balaban J connectivity index is 1.49. The fourth-order valence-corrected chi connectivity index (χ4v) is 4.06. The van der Waals surface area contributed by atoms with Crippen LogP contribution < -0.4 is 5.32 Å². The second-order valence-electron chi connectivity index (χ2n) is 5.99. The van der Waals surface area contributed by atoms with Crippen LogP contribution >= 0.6 is 11.3 Å². The van der Waals surface area contributed by atoms with E-state index in [1.54, 1.807) is 11.3 Å². The number of rotatable bonds is 3. The molecule has 1 aromatic heterocycles. The van der Waals surface area contributed by atoms with Gasteiger partial charge in [-0.3, -0.25) is 10.1 Å². The minimum absolute atomic E-state index is 0.0966. The standard InChI is InChI=1S/C20H18N2OS/c23-19(22-20-21-17-8-4-5-9-18(17)24-20)16-12-10-15(11-13-16)14-6-2-1-3-7-14/h1-3,6-7,10-13H,4-5,8-9H2,(H,21,22,23). The zero-order valence-electron chi connectivity index (χ0n) is 13.3. The quantitative estimate of drug-likeness (QED) is 0.737. The van der Waals surface area contributed by atoms with Crippen molar-refractivity contribution in [3.8, 4) is 11.1 Å². The molecule has 0 radical (unpaired) electrons. The van der Waals surface area contributed by atoms with Gasteiger partial charge in [-0.25, -0.2) is 4.98 Å². The van der Waals surface area contributed by atoms with Gasteiger partial charge < -0.3 is 0 Å². The molecule has 0 bridgehead atoms. The summed E-state index contributed by atoms with van der Waals surface area (Å²) in [7, 11) is 0. The number of aromatic nitrogens is 1. The SMILES string of the molecule is O=C(Nc1nc2c(s1)CCCC2)c1ccc(-c2ccccc2)cc1. The largest absolute Gasteiger partial charge is 0.298 e. The second kappa shape index (κ2) is 6.57. The van der Waals surface area contributed by atoms with Crippen molar-refractivity contribution in [2.75, 3.05) is 5.32 Å². The molecule has 0 spiro atoms. The van der Waals surface area contributed by atoms with E-state index < -0.39 is 0 Å². The van der Waals surface area contributed by atoms with Gasteiger partial charge in [0.25, 0.3) is 5.91 Å². The zero-order valence-corrected chi connectivity index (χ0v) is 14.1. The van der Waals surface area contributed by atoms with E-state index in [-0.39, 0.29) is 5.91 Å². The van der Waals surface area contributed by atoms with Crippen LogP contribution in [0, 0.1) is 0 Å². The molecule has 120 valence electrons. The summed E-state index contributed by atoms with van der Waals surface area (Å²) in [6.07, 6.45) is 4.55. The van der Waals surface area contributed by atoms with E-state index in [0.29, 0.717) is 5.56 Å². The van der Waals surface area contributed by atoms with Crippen molar-refractivity contribution in [2.45, 2.75) is 25.7 Å². The lowest BCUT2D eigenvalue weighted by Gasteiger charge is -2.06. The van der Waals surface area contributed by atoms with Gasteiger partial charge in [0.15, 0.2) is 5.13 Å². The van der Waals surface area contributed by atoms with Gasteiger partial charge in [0, 0.05) is 10.4 Å². The van der Waals surface area contributed by atoms with Crippen molar-refractivity contribution < 1.29 is 4.79 Å². The van der Waals surface area contributed by atoms with E-state index in [2.05, 4.69) is 22.4 Å². The number of fused-ring (bicyclic) bond motifs is 1. The van der Waals surface area contributed by atoms with Crippen molar-refractivity contribution in [2.24, 2.45) is 0 Å². The van der Waals surface area contributed by atoms with Crippen LogP contribution in [0.2, 0.25) is 0 Å². The molecule has 0 aliphatic heterocycles. The maximum atomic E-state index is 12.4. The number of nitrogens with one attached hydrogen (secondary N) is 1. The molecule has 1 heterocycles. The second-order valence-corrected chi connectivity index (χ2v) is 7.08. The first-order chi connectivity index (χ1) is 11.8. The van der Waals surface area contributed by atoms with Crippen LogP contribution in [0.4, 0.5) is 5.13 Å². The average molecular weight is 334 g/mol. The smallest absolute Gasteiger partial charge is 0.257 e. The molecule has 24 heavy (non-hydrogen) atoms. The predicted octanol–water partition coefficient (Wildman–Crippen LogP) is 4.94. The van der Waals surface area contributed by atoms with Gasteiger partial charge in [-0.1, -0.05) is 42.5 Å². The highest BCUT2D eigenvalue weighted by atomic mass is 32.1. The molecule has 2 aromatic carbocycles. The zero-order chi connectivity index (χ0) is 16.4. The van der Waals surface area contributed by atoms with Crippen LogP contribution in [0.15, 0.2) is 54.6 Å². The number of aryl methyl sites for hydroxylation is 2. The van der Waals surface area contributed by atoms with Crippen LogP contribution in [0.25, 0.3) is 11.1 Å². The monoisotopic (exact) mass is 334 g/mol. The highest BCUT2D eigenvalue weighted by Crippen LogP contribution is 2.29. The first-order valence-electron chi connectivity index (χ1n) is 8.25. The molecule has 1 amide bonds. The Morgan fingerprint density at radius 1 is 0.917 bits per heavy atom. The van der Waals surface area contributed by atoms with E-state index in [1.807, 2.05) is 42.5 Å². The maximum absolute atomic E-state index is 12.4. The minimum Gasteiger partial charge on any atom is -0.298 e. The van der Waals surface area contributed by atoms with Crippen LogP contribution in [-0.2, 0) is 12.8 Å². The van der Waals surface area contributed by atoms with Gasteiger partial charge in [0.2, 0.25) is 0 Å². The molecule has 1 aliphatic rings. The minimum atomic E-state index is -0.0966. The van der Waals surface area contributed by atoms with E-state index in [1.165, 1.54) is 23.4 Å². The fourth-order valence-electron chi connectivity index (χ4n) is 3.02. The fraction of sp³-hybridized carbons (Fsp3) is 0.200. The molecule has 0 fully saturated rings. The van der Waals surface area contributed by atoms with Crippen LogP contribution in [-0.4, -0.2) is 10.9 Å². The number of carbonyl (C=O) groups excluding carboxylic acids is 1. The normalized spacial score (nSPS) is 13.3. The first kappa shape index (κ1) is 15.1. The van der Waals surface area contributed by atoms with Gasteiger partial charge in [-0.2, -0.15) is 0 Å². The number of hydrogen-bond donors (Lipinski definition) is 1. The summed E-state index contributed by atoms with van der Waals surface area (Å²) < 4.78 is 0. The molecular formula is C20H18N2OS.